The molecule has 0 amide bonds. The van der Waals surface area contributed by atoms with Crippen molar-refractivity contribution in [2.24, 2.45) is 0 Å². The van der Waals surface area contributed by atoms with Crippen LogP contribution in [0.25, 0.3) is 0 Å². The number of phenols is 1. The zero-order valence-electron chi connectivity index (χ0n) is 9.48. The van der Waals surface area contributed by atoms with E-state index in [4.69, 9.17) is 9.84 Å². The molecule has 1 aliphatic rings. The highest BCUT2D eigenvalue weighted by Gasteiger charge is 2.10. The molecule has 0 spiro atoms. The smallest absolute Gasteiger partial charge is 0.315 e. The molecule has 0 aromatic heterocycles. The number of hydrogen-bond acceptors (Lipinski definition) is 4. The second-order valence-electron chi connectivity index (χ2n) is 3.96. The minimum Gasteiger partial charge on any atom is -0.508 e. The van der Waals surface area contributed by atoms with E-state index in [2.05, 4.69) is 5.32 Å². The lowest BCUT2D eigenvalue weighted by Crippen LogP contribution is -2.22. The summed E-state index contributed by atoms with van der Waals surface area (Å²) in [7, 11) is 0. The third-order valence-electron chi connectivity index (χ3n) is 2.60. The lowest BCUT2D eigenvalue weighted by Gasteiger charge is -2.13. The van der Waals surface area contributed by atoms with Crippen LogP contribution in [0.4, 0.5) is 0 Å². The minimum atomic E-state index is -0.260. The first-order chi connectivity index (χ1) is 8.24. The Morgan fingerprint density at radius 2 is 2.12 bits per heavy atom. The molecule has 4 heteroatoms. The zero-order valence-corrected chi connectivity index (χ0v) is 9.48. The van der Waals surface area contributed by atoms with Crippen LogP contribution in [0.3, 0.4) is 0 Å². The second-order valence-corrected chi connectivity index (χ2v) is 3.96. The fourth-order valence-electron chi connectivity index (χ4n) is 1.70. The molecule has 0 fully saturated rings. The molecule has 0 atom stereocenters. The molecule has 0 aliphatic carbocycles. The van der Waals surface area contributed by atoms with Crippen LogP contribution in [0.5, 0.6) is 11.5 Å². The Bertz CT molecular complexity index is 423. The zero-order chi connectivity index (χ0) is 12.1. The average Bonchev–Trinajstić information content (AvgIpc) is 2.33. The van der Waals surface area contributed by atoms with Gasteiger partial charge in [0.25, 0.3) is 0 Å². The molecular weight excluding hydrogens is 218 g/mol. The van der Waals surface area contributed by atoms with Gasteiger partial charge in [-0.1, -0.05) is 11.6 Å². The van der Waals surface area contributed by atoms with Crippen molar-refractivity contribution in [2.45, 2.75) is 12.8 Å². The van der Waals surface area contributed by atoms with Gasteiger partial charge in [-0.25, -0.2) is 0 Å². The van der Waals surface area contributed by atoms with Crippen molar-refractivity contribution in [3.05, 3.63) is 35.9 Å². The van der Waals surface area contributed by atoms with Crippen LogP contribution >= 0.6 is 0 Å². The van der Waals surface area contributed by atoms with E-state index in [1.807, 2.05) is 6.08 Å². The third-order valence-corrected chi connectivity index (χ3v) is 2.60. The quantitative estimate of drug-likeness (QED) is 0.473. The van der Waals surface area contributed by atoms with Gasteiger partial charge in [-0.2, -0.15) is 0 Å². The number of benzene rings is 1. The summed E-state index contributed by atoms with van der Waals surface area (Å²) >= 11 is 0. The molecule has 1 aliphatic heterocycles. The van der Waals surface area contributed by atoms with E-state index < -0.39 is 0 Å². The molecule has 2 N–H and O–H groups in total. The number of ether oxygens (including phenoxy) is 1. The summed E-state index contributed by atoms with van der Waals surface area (Å²) in [6.45, 7) is 1.74. The number of hydrogen-bond donors (Lipinski definition) is 2. The first-order valence-corrected chi connectivity index (χ1v) is 5.62. The molecule has 2 rings (SSSR count). The normalized spacial score (nSPS) is 15.2. The van der Waals surface area contributed by atoms with Gasteiger partial charge in [0.05, 0.1) is 6.42 Å². The minimum absolute atomic E-state index is 0.158. The van der Waals surface area contributed by atoms with Crippen LogP contribution in [0, 0.1) is 0 Å². The van der Waals surface area contributed by atoms with Crippen LogP contribution in [0.15, 0.2) is 35.9 Å². The summed E-state index contributed by atoms with van der Waals surface area (Å²) in [6, 6.07) is 6.13. The molecule has 4 nitrogen and oxygen atoms in total. The van der Waals surface area contributed by atoms with Crippen molar-refractivity contribution >= 4 is 5.97 Å². The Labute approximate surface area is 99.9 Å². The van der Waals surface area contributed by atoms with Crippen LogP contribution in [0.2, 0.25) is 0 Å². The van der Waals surface area contributed by atoms with E-state index in [9.17, 15) is 4.79 Å². The van der Waals surface area contributed by atoms with E-state index in [0.717, 1.165) is 25.1 Å². The van der Waals surface area contributed by atoms with Crippen LogP contribution in [0.1, 0.15) is 12.8 Å². The lowest BCUT2D eigenvalue weighted by atomic mass is 10.1. The lowest BCUT2D eigenvalue weighted by molar-refractivity contribution is -0.133. The highest BCUT2D eigenvalue weighted by atomic mass is 16.5. The number of phenolic OH excluding ortho intramolecular Hbond substituents is 1. The topological polar surface area (TPSA) is 58.6 Å². The highest BCUT2D eigenvalue weighted by molar-refractivity contribution is 5.75. The fraction of sp³-hybridized carbons (Fsp3) is 0.308. The van der Waals surface area contributed by atoms with Crippen molar-refractivity contribution in [3.8, 4) is 11.5 Å². The predicted molar refractivity (Wildman–Crippen MR) is 63.9 cm³/mol. The van der Waals surface area contributed by atoms with Gasteiger partial charge in [-0.3, -0.25) is 4.79 Å². The average molecular weight is 233 g/mol. The van der Waals surface area contributed by atoms with Crippen molar-refractivity contribution in [3.63, 3.8) is 0 Å². The molecule has 0 saturated heterocycles. The number of aromatic hydroxyl groups is 1. The second kappa shape index (κ2) is 5.50. The number of carbonyl (C=O) groups excluding carboxylic acids is 1. The Morgan fingerprint density at radius 1 is 1.35 bits per heavy atom. The van der Waals surface area contributed by atoms with E-state index in [-0.39, 0.29) is 11.7 Å². The molecule has 0 bridgehead atoms. The number of carbonyl (C=O) groups is 1. The fourth-order valence-corrected chi connectivity index (χ4v) is 1.70. The predicted octanol–water partition coefficient (Wildman–Crippen LogP) is 1.61. The van der Waals surface area contributed by atoms with Gasteiger partial charge in [-0.05, 0) is 37.2 Å². The number of rotatable bonds is 3. The number of esters is 1. The van der Waals surface area contributed by atoms with E-state index in [1.54, 1.807) is 12.1 Å². The largest absolute Gasteiger partial charge is 0.508 e. The first-order valence-electron chi connectivity index (χ1n) is 5.62. The van der Waals surface area contributed by atoms with Crippen LogP contribution in [-0.4, -0.2) is 24.2 Å². The maximum atomic E-state index is 11.6. The van der Waals surface area contributed by atoms with Gasteiger partial charge in [0.1, 0.15) is 11.5 Å². The summed E-state index contributed by atoms with van der Waals surface area (Å²) in [5.74, 6) is 0.358. The Hall–Kier alpha value is -1.81. The van der Waals surface area contributed by atoms with Crippen molar-refractivity contribution in [2.75, 3.05) is 13.1 Å². The summed E-state index contributed by atoms with van der Waals surface area (Å²) < 4.78 is 5.16. The van der Waals surface area contributed by atoms with Gasteiger partial charge in [0.15, 0.2) is 0 Å². The maximum Gasteiger partial charge on any atom is 0.315 e. The van der Waals surface area contributed by atoms with Crippen molar-refractivity contribution in [1.82, 2.24) is 5.32 Å². The van der Waals surface area contributed by atoms with Gasteiger partial charge in [0, 0.05) is 6.54 Å². The molecule has 90 valence electrons. The van der Waals surface area contributed by atoms with Crippen molar-refractivity contribution in [1.29, 1.82) is 0 Å². The van der Waals surface area contributed by atoms with E-state index >= 15 is 0 Å². The van der Waals surface area contributed by atoms with Gasteiger partial charge in [-0.15, -0.1) is 0 Å². The summed E-state index contributed by atoms with van der Waals surface area (Å²) in [5, 5.41) is 12.3. The molecule has 1 aromatic rings. The standard InChI is InChI=1S/C13H15NO3/c15-11-1-3-12(4-2-11)17-13(16)9-10-5-7-14-8-6-10/h1-5,14-15H,6-9H2. The Morgan fingerprint density at radius 3 is 2.76 bits per heavy atom. The summed E-state index contributed by atoms with van der Waals surface area (Å²) in [6.07, 6.45) is 3.26. The Kier molecular flexibility index (Phi) is 3.77. The van der Waals surface area contributed by atoms with Crippen LogP contribution < -0.4 is 10.1 Å². The van der Waals surface area contributed by atoms with E-state index in [0.29, 0.717) is 12.2 Å². The van der Waals surface area contributed by atoms with Crippen molar-refractivity contribution < 1.29 is 14.6 Å². The third kappa shape index (κ3) is 3.60. The molecule has 0 saturated carbocycles. The SMILES string of the molecule is O=C(CC1=CCNCC1)Oc1ccc(O)cc1. The Balaban J connectivity index is 1.88. The maximum absolute atomic E-state index is 11.6. The molecule has 17 heavy (non-hydrogen) atoms. The molecule has 0 unspecified atom stereocenters. The monoisotopic (exact) mass is 233 g/mol. The van der Waals surface area contributed by atoms with Gasteiger partial charge in [0.2, 0.25) is 0 Å². The summed E-state index contributed by atoms with van der Waals surface area (Å²) in [4.78, 5) is 11.6. The van der Waals surface area contributed by atoms with Gasteiger partial charge >= 0.3 is 5.97 Å². The first kappa shape index (κ1) is 11.7. The molecule has 1 aromatic carbocycles. The van der Waals surface area contributed by atoms with Gasteiger partial charge < -0.3 is 15.2 Å². The highest BCUT2D eigenvalue weighted by Crippen LogP contribution is 2.17. The van der Waals surface area contributed by atoms with E-state index in [1.165, 1.54) is 12.1 Å². The number of nitrogens with one attached hydrogen (secondary N) is 1. The molecule has 1 heterocycles. The van der Waals surface area contributed by atoms with Crippen LogP contribution in [-0.2, 0) is 4.79 Å². The molecular formula is C13H15NO3. The summed E-state index contributed by atoms with van der Waals surface area (Å²) in [5.41, 5.74) is 1.12. The molecule has 0 radical (unpaired) electrons.